The van der Waals surface area contributed by atoms with Crippen LogP contribution in [0.1, 0.15) is 0 Å². The van der Waals surface area contributed by atoms with E-state index >= 15 is 0 Å². The summed E-state index contributed by atoms with van der Waals surface area (Å²) in [7, 11) is 0. The lowest BCUT2D eigenvalue weighted by atomic mass is 9.96. The van der Waals surface area contributed by atoms with Crippen molar-refractivity contribution in [2.75, 3.05) is 22.9 Å². The van der Waals surface area contributed by atoms with Crippen LogP contribution in [-0.4, -0.2) is 5.11 Å². The first kappa shape index (κ1) is 18.3. The Morgan fingerprint density at radius 2 is 0.862 bits per heavy atom. The van der Waals surface area contributed by atoms with Crippen molar-refractivity contribution < 1.29 is 5.11 Å². The second-order valence-corrected chi connectivity index (χ2v) is 6.99. The molecule has 0 unspecified atom stereocenters. The Bertz CT molecular complexity index is 1160. The number of hydrogen-bond acceptors (Lipinski definition) is 5. The predicted octanol–water partition coefficient (Wildman–Crippen LogP) is 4.72. The van der Waals surface area contributed by atoms with Crippen molar-refractivity contribution >= 4 is 22.7 Å². The van der Waals surface area contributed by atoms with Gasteiger partial charge in [0.1, 0.15) is 5.75 Å². The molecule has 5 nitrogen and oxygen atoms in total. The van der Waals surface area contributed by atoms with Gasteiger partial charge in [-0.05, 0) is 58.1 Å². The fourth-order valence-electron chi connectivity index (χ4n) is 3.37. The van der Waals surface area contributed by atoms with E-state index in [4.69, 9.17) is 22.9 Å². The van der Waals surface area contributed by atoms with E-state index in [-0.39, 0.29) is 5.75 Å². The van der Waals surface area contributed by atoms with Crippen molar-refractivity contribution in [3.05, 3.63) is 78.9 Å². The summed E-state index contributed by atoms with van der Waals surface area (Å²) in [5.74, 6) is 0.255. The maximum absolute atomic E-state index is 9.44. The number of rotatable bonds is 3. The fraction of sp³-hybridized carbons (Fsp3) is 0. The van der Waals surface area contributed by atoms with Gasteiger partial charge in [0.15, 0.2) is 0 Å². The number of hydrogen-bond donors (Lipinski definition) is 5. The number of nitrogen functional groups attached to an aromatic ring is 4. The molecule has 0 spiro atoms. The van der Waals surface area contributed by atoms with Crippen LogP contribution in [0, 0.1) is 0 Å². The highest BCUT2D eigenvalue weighted by atomic mass is 16.3. The molecular formula is C24H22N4O. The molecule has 0 aliphatic carbocycles. The molecule has 4 aromatic carbocycles. The van der Waals surface area contributed by atoms with Crippen molar-refractivity contribution in [2.45, 2.75) is 0 Å². The van der Waals surface area contributed by atoms with Crippen LogP contribution in [0.3, 0.4) is 0 Å². The van der Waals surface area contributed by atoms with Gasteiger partial charge in [-0.25, -0.2) is 0 Å². The number of anilines is 4. The number of nitrogens with two attached hydrogens (primary N) is 4. The third-order valence-electron chi connectivity index (χ3n) is 5.03. The van der Waals surface area contributed by atoms with Gasteiger partial charge in [0.05, 0.1) is 17.1 Å². The van der Waals surface area contributed by atoms with Gasteiger partial charge in [-0.1, -0.05) is 48.5 Å². The lowest BCUT2D eigenvalue weighted by molar-refractivity contribution is 0.475. The van der Waals surface area contributed by atoms with Gasteiger partial charge >= 0.3 is 0 Å². The summed E-state index contributed by atoms with van der Waals surface area (Å²) in [4.78, 5) is 0. The summed E-state index contributed by atoms with van der Waals surface area (Å²) in [6, 6.07) is 24.8. The van der Waals surface area contributed by atoms with Gasteiger partial charge in [-0.15, -0.1) is 0 Å². The molecule has 0 radical (unpaired) electrons. The fourth-order valence-corrected chi connectivity index (χ4v) is 3.37. The van der Waals surface area contributed by atoms with Crippen LogP contribution in [0.4, 0.5) is 22.7 Å². The third kappa shape index (κ3) is 3.53. The third-order valence-corrected chi connectivity index (χ3v) is 5.03. The molecule has 0 fully saturated rings. The first-order valence-corrected chi connectivity index (χ1v) is 9.16. The van der Waals surface area contributed by atoms with Crippen molar-refractivity contribution in [1.29, 1.82) is 0 Å². The monoisotopic (exact) mass is 382 g/mol. The molecule has 0 bridgehead atoms. The van der Waals surface area contributed by atoms with Crippen molar-refractivity contribution in [1.82, 2.24) is 0 Å². The molecule has 4 aromatic rings. The smallest absolute Gasteiger partial charge is 0.115 e. The van der Waals surface area contributed by atoms with Crippen LogP contribution in [0.2, 0.25) is 0 Å². The van der Waals surface area contributed by atoms with Crippen LogP contribution >= 0.6 is 0 Å². The summed E-state index contributed by atoms with van der Waals surface area (Å²) in [5, 5.41) is 9.44. The molecule has 144 valence electrons. The zero-order chi connectivity index (χ0) is 20.5. The van der Waals surface area contributed by atoms with E-state index in [0.717, 1.165) is 33.4 Å². The number of benzene rings is 4. The van der Waals surface area contributed by atoms with Crippen LogP contribution in [0.25, 0.3) is 33.4 Å². The minimum Gasteiger partial charge on any atom is -0.508 e. The van der Waals surface area contributed by atoms with Crippen LogP contribution < -0.4 is 22.9 Å². The Kier molecular flexibility index (Phi) is 4.49. The predicted molar refractivity (Wildman–Crippen MR) is 122 cm³/mol. The molecule has 9 N–H and O–H groups in total. The maximum atomic E-state index is 9.44. The highest BCUT2D eigenvalue weighted by Gasteiger charge is 2.09. The molecule has 4 rings (SSSR count). The first-order valence-electron chi connectivity index (χ1n) is 9.16. The summed E-state index contributed by atoms with van der Waals surface area (Å²) in [6.07, 6.45) is 0. The molecule has 0 saturated heterocycles. The SMILES string of the molecule is Nc1cc(-c2ccc(-c3ccc(O)cc3)cc2)ccc1-c1cc(N)c(N)c(N)c1. The lowest BCUT2D eigenvalue weighted by Gasteiger charge is -2.12. The highest BCUT2D eigenvalue weighted by Crippen LogP contribution is 2.36. The van der Waals surface area contributed by atoms with E-state index in [0.29, 0.717) is 22.7 Å². The molecule has 0 saturated carbocycles. The second-order valence-electron chi connectivity index (χ2n) is 6.99. The van der Waals surface area contributed by atoms with Gasteiger partial charge < -0.3 is 28.0 Å². The Labute approximate surface area is 169 Å². The van der Waals surface area contributed by atoms with E-state index < -0.39 is 0 Å². The molecule has 5 heteroatoms. The summed E-state index contributed by atoms with van der Waals surface area (Å²) >= 11 is 0. The molecule has 0 aliphatic heterocycles. The zero-order valence-electron chi connectivity index (χ0n) is 15.8. The maximum Gasteiger partial charge on any atom is 0.115 e. The van der Waals surface area contributed by atoms with Crippen LogP contribution in [0.15, 0.2) is 78.9 Å². The van der Waals surface area contributed by atoms with Gasteiger partial charge in [-0.3, -0.25) is 0 Å². The Morgan fingerprint density at radius 1 is 0.448 bits per heavy atom. The minimum atomic E-state index is 0.255. The molecule has 0 aliphatic rings. The lowest BCUT2D eigenvalue weighted by Crippen LogP contribution is -2.01. The Balaban J connectivity index is 1.65. The summed E-state index contributed by atoms with van der Waals surface area (Å²) in [6.45, 7) is 0. The topological polar surface area (TPSA) is 124 Å². The number of phenols is 1. The van der Waals surface area contributed by atoms with Crippen LogP contribution in [-0.2, 0) is 0 Å². The van der Waals surface area contributed by atoms with Crippen molar-refractivity contribution in [3.8, 4) is 39.1 Å². The standard InChI is InChI=1S/C24H22N4O/c25-21-11-17(7-10-20(21)18-12-22(26)24(28)23(27)13-18)16-3-1-14(2-4-16)15-5-8-19(29)9-6-15/h1-13,29H,25-28H2. The Morgan fingerprint density at radius 3 is 1.38 bits per heavy atom. The summed E-state index contributed by atoms with van der Waals surface area (Å²) < 4.78 is 0. The molecule has 0 atom stereocenters. The zero-order valence-corrected chi connectivity index (χ0v) is 15.8. The molecule has 0 amide bonds. The average molecular weight is 382 g/mol. The van der Waals surface area contributed by atoms with Gasteiger partial charge in [-0.2, -0.15) is 0 Å². The van der Waals surface area contributed by atoms with E-state index in [9.17, 15) is 5.11 Å². The second kappa shape index (κ2) is 7.13. The number of phenolic OH excluding ortho intramolecular Hbond substituents is 1. The van der Waals surface area contributed by atoms with Crippen molar-refractivity contribution in [3.63, 3.8) is 0 Å². The van der Waals surface area contributed by atoms with Crippen LogP contribution in [0.5, 0.6) is 5.75 Å². The minimum absolute atomic E-state index is 0.255. The van der Waals surface area contributed by atoms with Crippen molar-refractivity contribution in [2.24, 2.45) is 0 Å². The van der Waals surface area contributed by atoms with E-state index in [1.807, 2.05) is 42.5 Å². The molecular weight excluding hydrogens is 360 g/mol. The van der Waals surface area contributed by atoms with Gasteiger partial charge in [0, 0.05) is 11.3 Å². The normalized spacial score (nSPS) is 10.8. The largest absolute Gasteiger partial charge is 0.508 e. The van der Waals surface area contributed by atoms with E-state index in [1.165, 1.54) is 0 Å². The Hall–Kier alpha value is -4.12. The summed E-state index contributed by atoms with van der Waals surface area (Å²) in [5.41, 5.74) is 31.8. The van der Waals surface area contributed by atoms with Gasteiger partial charge in [0.25, 0.3) is 0 Å². The molecule has 0 heterocycles. The highest BCUT2D eigenvalue weighted by molar-refractivity contribution is 5.89. The van der Waals surface area contributed by atoms with Gasteiger partial charge in [0.2, 0.25) is 0 Å². The molecule has 29 heavy (non-hydrogen) atoms. The van der Waals surface area contributed by atoms with E-state index in [2.05, 4.69) is 12.1 Å². The quantitative estimate of drug-likeness (QED) is 0.328. The first-order chi connectivity index (χ1) is 13.9. The average Bonchev–Trinajstić information content (AvgIpc) is 2.72. The number of aromatic hydroxyl groups is 1. The van der Waals surface area contributed by atoms with E-state index in [1.54, 1.807) is 24.3 Å². The molecule has 0 aromatic heterocycles.